The summed E-state index contributed by atoms with van der Waals surface area (Å²) in [5, 5.41) is 11.4. The molecule has 0 N–H and O–H groups in total. The van der Waals surface area contributed by atoms with E-state index >= 15 is 0 Å². The smallest absolute Gasteiger partial charge is 0.336 e. The molecule has 0 aliphatic carbocycles. The van der Waals surface area contributed by atoms with Gasteiger partial charge in [-0.1, -0.05) is 24.3 Å². The summed E-state index contributed by atoms with van der Waals surface area (Å²) in [4.78, 5) is 63.4. The average Bonchev–Trinajstić information content (AvgIpc) is 3.18. The third-order valence-electron chi connectivity index (χ3n) is 6.86. The van der Waals surface area contributed by atoms with E-state index in [4.69, 9.17) is 9.47 Å². The molecule has 39 heavy (non-hydrogen) atoms. The first-order valence-corrected chi connectivity index (χ1v) is 12.3. The zero-order chi connectivity index (χ0) is 28.3. The van der Waals surface area contributed by atoms with Gasteiger partial charge in [-0.25, -0.2) is 4.79 Å². The number of hydrogen-bond acceptors (Lipinski definition) is 8. The lowest BCUT2D eigenvalue weighted by molar-refractivity contribution is -0.384. The highest BCUT2D eigenvalue weighted by Crippen LogP contribution is 2.43. The zero-order valence-electron chi connectivity index (χ0n) is 21.7. The van der Waals surface area contributed by atoms with Crippen LogP contribution < -0.4 is 0 Å². The van der Waals surface area contributed by atoms with E-state index in [1.54, 1.807) is 44.2 Å². The first kappa shape index (κ1) is 27.2. The largest absolute Gasteiger partial charge is 0.495 e. The van der Waals surface area contributed by atoms with Crippen LogP contribution in [-0.2, 0) is 19.1 Å². The van der Waals surface area contributed by atoms with Gasteiger partial charge in [0.25, 0.3) is 17.5 Å². The Kier molecular flexibility index (Phi) is 7.89. The van der Waals surface area contributed by atoms with Crippen molar-refractivity contribution < 1.29 is 33.6 Å². The van der Waals surface area contributed by atoms with E-state index in [-0.39, 0.29) is 42.0 Å². The summed E-state index contributed by atoms with van der Waals surface area (Å²) in [7, 11) is 1.21. The molecule has 4 rings (SSSR count). The summed E-state index contributed by atoms with van der Waals surface area (Å²) in [6.07, 6.45) is 1.46. The molecule has 0 bridgehead atoms. The molecule has 0 spiro atoms. The summed E-state index contributed by atoms with van der Waals surface area (Å²) < 4.78 is 11.1. The standard InChI is InChI=1S/C28H27N3O8/c1-17-23(28(35)38-3)24(19-9-8-10-20(15-19)31(36)37)25(18(2)30(17)16-32)39-14-7-6-13-29-26(33)21-11-4-5-12-22(21)27(29)34/h4-5,8-12,15-16,24H,6-7,13-14H2,1-3H3. The Morgan fingerprint density at radius 2 is 1.69 bits per heavy atom. The number of amides is 3. The van der Waals surface area contributed by atoms with Crippen LogP contribution in [0.15, 0.2) is 71.3 Å². The van der Waals surface area contributed by atoms with Crippen molar-refractivity contribution in [1.29, 1.82) is 0 Å². The number of carbonyl (C=O) groups is 4. The Morgan fingerprint density at radius 1 is 1.03 bits per heavy atom. The number of fused-ring (bicyclic) bond motifs is 1. The number of nitro groups is 1. The molecule has 3 amide bonds. The van der Waals surface area contributed by atoms with E-state index in [1.165, 1.54) is 35.1 Å². The number of esters is 1. The zero-order valence-corrected chi connectivity index (χ0v) is 21.7. The molecule has 1 unspecified atom stereocenters. The summed E-state index contributed by atoms with van der Waals surface area (Å²) in [6.45, 7) is 3.59. The number of non-ortho nitro benzene ring substituents is 1. The summed E-state index contributed by atoms with van der Waals surface area (Å²) >= 11 is 0. The molecule has 2 aliphatic heterocycles. The third kappa shape index (κ3) is 5.02. The monoisotopic (exact) mass is 533 g/mol. The lowest BCUT2D eigenvalue weighted by Gasteiger charge is -2.35. The van der Waals surface area contributed by atoms with E-state index in [9.17, 15) is 29.3 Å². The van der Waals surface area contributed by atoms with Crippen LogP contribution in [-0.4, -0.2) is 59.2 Å². The molecule has 2 heterocycles. The Morgan fingerprint density at radius 3 is 2.28 bits per heavy atom. The van der Waals surface area contributed by atoms with Gasteiger partial charge in [-0.05, 0) is 44.4 Å². The molecule has 0 aromatic heterocycles. The fourth-order valence-corrected chi connectivity index (χ4v) is 4.90. The second kappa shape index (κ2) is 11.3. The van der Waals surface area contributed by atoms with Gasteiger partial charge in [0.05, 0.1) is 47.0 Å². The Labute approximate surface area is 224 Å². The van der Waals surface area contributed by atoms with E-state index in [0.717, 1.165) is 0 Å². The van der Waals surface area contributed by atoms with E-state index in [1.807, 2.05) is 0 Å². The van der Waals surface area contributed by atoms with Crippen LogP contribution in [0.3, 0.4) is 0 Å². The number of methoxy groups -OCH3 is 1. The fourth-order valence-electron chi connectivity index (χ4n) is 4.90. The number of rotatable bonds is 10. The maximum atomic E-state index is 12.9. The number of ether oxygens (including phenoxy) is 2. The summed E-state index contributed by atoms with van der Waals surface area (Å²) in [5.74, 6) is -1.95. The molecular weight excluding hydrogens is 506 g/mol. The van der Waals surface area contributed by atoms with Crippen LogP contribution in [0.1, 0.15) is 58.9 Å². The highest BCUT2D eigenvalue weighted by Gasteiger charge is 2.39. The molecule has 2 aromatic rings. The first-order valence-electron chi connectivity index (χ1n) is 12.3. The van der Waals surface area contributed by atoms with Gasteiger partial charge in [-0.3, -0.25) is 34.3 Å². The second-order valence-corrected chi connectivity index (χ2v) is 9.06. The Bertz CT molecular complexity index is 1390. The number of allylic oxidation sites excluding steroid dienone is 3. The first-order chi connectivity index (χ1) is 18.7. The number of benzene rings is 2. The van der Waals surface area contributed by atoms with Crippen molar-refractivity contribution in [3.05, 3.63) is 98.1 Å². The SMILES string of the molecule is COC(=O)C1=C(C)N(C=O)C(C)=C(OCCCCN2C(=O)c3ccccc3C2=O)C1c1cccc([N+](=O)[O-])c1. The number of carbonyl (C=O) groups excluding carboxylic acids is 4. The minimum Gasteiger partial charge on any atom is -0.495 e. The van der Waals surface area contributed by atoms with Crippen molar-refractivity contribution in [2.45, 2.75) is 32.6 Å². The Balaban J connectivity index is 1.54. The number of hydrogen-bond donors (Lipinski definition) is 0. The lowest BCUT2D eigenvalue weighted by Crippen LogP contribution is -2.33. The molecule has 11 nitrogen and oxygen atoms in total. The predicted octanol–water partition coefficient (Wildman–Crippen LogP) is 3.92. The number of nitrogens with zero attached hydrogens (tertiary/aromatic N) is 3. The highest BCUT2D eigenvalue weighted by atomic mass is 16.6. The van der Waals surface area contributed by atoms with Crippen molar-refractivity contribution in [2.75, 3.05) is 20.3 Å². The van der Waals surface area contributed by atoms with Gasteiger partial charge >= 0.3 is 5.97 Å². The van der Waals surface area contributed by atoms with Crippen LogP contribution in [0.5, 0.6) is 0 Å². The van der Waals surface area contributed by atoms with Gasteiger partial charge in [0.2, 0.25) is 6.41 Å². The van der Waals surface area contributed by atoms with E-state index in [2.05, 4.69) is 0 Å². The molecule has 0 radical (unpaired) electrons. The third-order valence-corrected chi connectivity index (χ3v) is 6.86. The average molecular weight is 534 g/mol. The maximum absolute atomic E-state index is 12.9. The molecule has 2 aromatic carbocycles. The summed E-state index contributed by atoms with van der Waals surface area (Å²) in [5.41, 5.74) is 1.90. The molecule has 0 saturated carbocycles. The quantitative estimate of drug-likeness (QED) is 0.112. The van der Waals surface area contributed by atoms with Crippen molar-refractivity contribution in [3.63, 3.8) is 0 Å². The molecular formula is C28H27N3O8. The lowest BCUT2D eigenvalue weighted by atomic mass is 9.84. The molecule has 0 fully saturated rings. The minimum absolute atomic E-state index is 0.122. The van der Waals surface area contributed by atoms with Crippen molar-refractivity contribution in [3.8, 4) is 0 Å². The van der Waals surface area contributed by atoms with Gasteiger partial charge in [-0.15, -0.1) is 0 Å². The highest BCUT2D eigenvalue weighted by molar-refractivity contribution is 6.21. The molecule has 1 atom stereocenters. The van der Waals surface area contributed by atoms with E-state index < -0.39 is 16.8 Å². The van der Waals surface area contributed by atoms with Crippen LogP contribution in [0, 0.1) is 10.1 Å². The van der Waals surface area contributed by atoms with Crippen LogP contribution in [0.4, 0.5) is 5.69 Å². The Hall–Kier alpha value is -4.80. The maximum Gasteiger partial charge on any atom is 0.336 e. The predicted molar refractivity (Wildman–Crippen MR) is 138 cm³/mol. The van der Waals surface area contributed by atoms with Gasteiger partial charge in [0, 0.05) is 24.4 Å². The molecule has 2 aliphatic rings. The van der Waals surface area contributed by atoms with Crippen molar-refractivity contribution in [1.82, 2.24) is 9.80 Å². The number of nitro benzene ring substituents is 1. The van der Waals surface area contributed by atoms with Gasteiger partial charge in [-0.2, -0.15) is 0 Å². The van der Waals surface area contributed by atoms with E-state index in [0.29, 0.717) is 47.3 Å². The van der Waals surface area contributed by atoms with Crippen LogP contribution >= 0.6 is 0 Å². The van der Waals surface area contributed by atoms with Crippen molar-refractivity contribution in [2.24, 2.45) is 0 Å². The number of imide groups is 1. The number of unbranched alkanes of at least 4 members (excludes halogenated alkanes) is 1. The topological polar surface area (TPSA) is 136 Å². The van der Waals surface area contributed by atoms with Crippen LogP contribution in [0.25, 0.3) is 0 Å². The van der Waals surface area contributed by atoms with Gasteiger partial charge in [0.15, 0.2) is 0 Å². The summed E-state index contributed by atoms with van der Waals surface area (Å²) in [6, 6.07) is 12.5. The fraction of sp³-hybridized carbons (Fsp3) is 0.286. The van der Waals surface area contributed by atoms with Gasteiger partial charge < -0.3 is 9.47 Å². The second-order valence-electron chi connectivity index (χ2n) is 9.06. The van der Waals surface area contributed by atoms with Crippen molar-refractivity contribution >= 4 is 29.9 Å². The minimum atomic E-state index is -0.857. The normalized spacial score (nSPS) is 16.9. The molecule has 202 valence electrons. The molecule has 11 heteroatoms. The molecule has 0 saturated heterocycles. The van der Waals surface area contributed by atoms with Crippen LogP contribution in [0.2, 0.25) is 0 Å². The van der Waals surface area contributed by atoms with Gasteiger partial charge in [0.1, 0.15) is 5.76 Å².